The fraction of sp³-hybridized carbons (Fsp3) is 0.600. The first-order valence-electron chi connectivity index (χ1n) is 8.82. The molecule has 5 heteroatoms. The number of carbonyl (C=O) groups excluding carboxylic acids is 2. The monoisotopic (exact) mass is 347 g/mol. The molecule has 1 heterocycles. The third-order valence-electron chi connectivity index (χ3n) is 4.83. The van der Waals surface area contributed by atoms with Crippen LogP contribution in [0.3, 0.4) is 0 Å². The Morgan fingerprint density at radius 3 is 2.48 bits per heavy atom. The summed E-state index contributed by atoms with van der Waals surface area (Å²) in [6.45, 7) is 10.6. The van der Waals surface area contributed by atoms with E-state index in [1.54, 1.807) is 11.0 Å². The molecular weight excluding hydrogens is 318 g/mol. The number of nitrogens with zero attached hydrogens (tertiary/aromatic N) is 1. The first kappa shape index (κ1) is 19.3. The molecule has 1 aromatic carbocycles. The Morgan fingerprint density at radius 2 is 1.88 bits per heavy atom. The van der Waals surface area contributed by atoms with Crippen LogP contribution in [-0.2, 0) is 9.47 Å². The quantitative estimate of drug-likeness (QED) is 0.743. The molecule has 1 aliphatic heterocycles. The van der Waals surface area contributed by atoms with Crippen molar-refractivity contribution >= 4 is 12.1 Å². The maximum absolute atomic E-state index is 12.7. The second-order valence-corrected chi connectivity index (χ2v) is 7.86. The van der Waals surface area contributed by atoms with Crippen molar-refractivity contribution in [2.45, 2.75) is 52.7 Å². The first-order chi connectivity index (χ1) is 11.6. The summed E-state index contributed by atoms with van der Waals surface area (Å²) < 4.78 is 10.4. The van der Waals surface area contributed by atoms with Crippen molar-refractivity contribution in [2.75, 3.05) is 13.7 Å². The molecule has 0 N–H and O–H groups in total. The lowest BCUT2D eigenvalue weighted by Gasteiger charge is -2.43. The van der Waals surface area contributed by atoms with Gasteiger partial charge in [0.25, 0.3) is 0 Å². The molecule has 2 rings (SSSR count). The SMILES string of the molecule is COC(=O)c1cccc(C2[C@H](C)[C@H](C)CCN2C(=O)OC(C)(C)C)c1. The van der Waals surface area contributed by atoms with Crippen molar-refractivity contribution in [3.63, 3.8) is 0 Å². The van der Waals surface area contributed by atoms with E-state index in [1.807, 2.05) is 39.0 Å². The van der Waals surface area contributed by atoms with Gasteiger partial charge in [-0.2, -0.15) is 0 Å². The molecule has 0 bridgehead atoms. The third-order valence-corrected chi connectivity index (χ3v) is 4.83. The van der Waals surface area contributed by atoms with E-state index < -0.39 is 5.60 Å². The summed E-state index contributed by atoms with van der Waals surface area (Å²) in [7, 11) is 1.37. The zero-order chi connectivity index (χ0) is 18.8. The molecule has 3 atom stereocenters. The summed E-state index contributed by atoms with van der Waals surface area (Å²) in [6.07, 6.45) is 0.632. The average molecular weight is 347 g/mol. The molecule has 1 amide bonds. The van der Waals surface area contributed by atoms with Crippen LogP contribution < -0.4 is 0 Å². The summed E-state index contributed by atoms with van der Waals surface area (Å²) >= 11 is 0. The topological polar surface area (TPSA) is 55.8 Å². The van der Waals surface area contributed by atoms with E-state index in [4.69, 9.17) is 9.47 Å². The van der Waals surface area contributed by atoms with Crippen LogP contribution in [0.4, 0.5) is 4.79 Å². The van der Waals surface area contributed by atoms with Crippen molar-refractivity contribution < 1.29 is 19.1 Å². The van der Waals surface area contributed by atoms with Crippen LogP contribution >= 0.6 is 0 Å². The number of rotatable bonds is 2. The minimum absolute atomic E-state index is 0.122. The molecule has 0 saturated carbocycles. The lowest BCUT2D eigenvalue weighted by atomic mass is 9.79. The third kappa shape index (κ3) is 4.53. The number of hydrogen-bond acceptors (Lipinski definition) is 4. The van der Waals surface area contributed by atoms with Gasteiger partial charge in [-0.05, 0) is 56.7 Å². The number of methoxy groups -OCH3 is 1. The molecule has 1 aromatic rings. The average Bonchev–Trinajstić information content (AvgIpc) is 2.54. The minimum atomic E-state index is -0.540. The van der Waals surface area contributed by atoms with Gasteiger partial charge in [0.2, 0.25) is 0 Å². The van der Waals surface area contributed by atoms with Crippen LogP contribution in [0.5, 0.6) is 0 Å². The Morgan fingerprint density at radius 1 is 1.20 bits per heavy atom. The molecule has 0 spiro atoms. The van der Waals surface area contributed by atoms with Crippen molar-refractivity contribution in [3.8, 4) is 0 Å². The number of amides is 1. The Bertz CT molecular complexity index is 635. The van der Waals surface area contributed by atoms with E-state index in [9.17, 15) is 9.59 Å². The number of benzene rings is 1. The highest BCUT2D eigenvalue weighted by Crippen LogP contribution is 2.40. The second kappa shape index (κ2) is 7.46. The first-order valence-corrected chi connectivity index (χ1v) is 8.82. The summed E-state index contributed by atoms with van der Waals surface area (Å²) in [5, 5.41) is 0. The van der Waals surface area contributed by atoms with E-state index in [1.165, 1.54) is 7.11 Å². The van der Waals surface area contributed by atoms with Crippen LogP contribution in [0.1, 0.15) is 63.0 Å². The summed E-state index contributed by atoms with van der Waals surface area (Å²) in [5.41, 5.74) is 0.893. The van der Waals surface area contributed by atoms with Gasteiger partial charge in [0.05, 0.1) is 18.7 Å². The summed E-state index contributed by atoms with van der Waals surface area (Å²) in [4.78, 5) is 26.4. The molecule has 1 unspecified atom stereocenters. The van der Waals surface area contributed by atoms with Gasteiger partial charge in [0, 0.05) is 6.54 Å². The predicted octanol–water partition coefficient (Wildman–Crippen LogP) is 4.43. The van der Waals surface area contributed by atoms with Crippen molar-refractivity contribution in [1.82, 2.24) is 4.90 Å². The number of hydrogen-bond donors (Lipinski definition) is 0. The van der Waals surface area contributed by atoms with E-state index in [-0.39, 0.29) is 24.0 Å². The molecule has 0 radical (unpaired) electrons. The standard InChI is InChI=1S/C20H29NO4/c1-13-10-11-21(19(23)25-20(3,4)5)17(14(13)2)15-8-7-9-16(12-15)18(22)24-6/h7-9,12-14,17H,10-11H2,1-6H3/t13-,14-,17?/m1/s1. The Labute approximate surface area is 150 Å². The molecule has 5 nitrogen and oxygen atoms in total. The highest BCUT2D eigenvalue weighted by Gasteiger charge is 2.38. The Hall–Kier alpha value is -2.04. The normalized spacial score (nSPS) is 23.9. The summed E-state index contributed by atoms with van der Waals surface area (Å²) in [6, 6.07) is 7.22. The second-order valence-electron chi connectivity index (χ2n) is 7.86. The molecule has 0 aromatic heterocycles. The van der Waals surface area contributed by atoms with E-state index >= 15 is 0 Å². The molecule has 138 valence electrons. The smallest absolute Gasteiger partial charge is 0.410 e. The Kier molecular flexibility index (Phi) is 5.76. The van der Waals surface area contributed by atoms with Gasteiger partial charge in [-0.15, -0.1) is 0 Å². The largest absolute Gasteiger partial charge is 0.465 e. The maximum Gasteiger partial charge on any atom is 0.410 e. The van der Waals surface area contributed by atoms with Gasteiger partial charge in [0.1, 0.15) is 5.60 Å². The zero-order valence-corrected chi connectivity index (χ0v) is 16.0. The molecule has 25 heavy (non-hydrogen) atoms. The number of piperidine rings is 1. The fourth-order valence-electron chi connectivity index (χ4n) is 3.32. The van der Waals surface area contributed by atoms with Crippen molar-refractivity contribution in [3.05, 3.63) is 35.4 Å². The highest BCUT2D eigenvalue weighted by atomic mass is 16.6. The van der Waals surface area contributed by atoms with Crippen LogP contribution in [-0.4, -0.2) is 36.2 Å². The molecule has 1 fully saturated rings. The van der Waals surface area contributed by atoms with E-state index in [0.717, 1.165) is 12.0 Å². The Balaban J connectivity index is 2.37. The van der Waals surface area contributed by atoms with Gasteiger partial charge >= 0.3 is 12.1 Å². The van der Waals surface area contributed by atoms with Gasteiger partial charge in [-0.3, -0.25) is 0 Å². The van der Waals surface area contributed by atoms with Gasteiger partial charge in [-0.1, -0.05) is 26.0 Å². The van der Waals surface area contributed by atoms with Crippen molar-refractivity contribution in [1.29, 1.82) is 0 Å². The van der Waals surface area contributed by atoms with E-state index in [2.05, 4.69) is 13.8 Å². The van der Waals surface area contributed by atoms with E-state index in [0.29, 0.717) is 18.0 Å². The number of likely N-dealkylation sites (tertiary alicyclic amines) is 1. The number of carbonyl (C=O) groups is 2. The lowest BCUT2D eigenvalue weighted by Crippen LogP contribution is -2.46. The van der Waals surface area contributed by atoms with Crippen molar-refractivity contribution in [2.24, 2.45) is 11.8 Å². The van der Waals surface area contributed by atoms with Gasteiger partial charge in [-0.25, -0.2) is 9.59 Å². The highest BCUT2D eigenvalue weighted by molar-refractivity contribution is 5.89. The maximum atomic E-state index is 12.7. The zero-order valence-electron chi connectivity index (χ0n) is 16.0. The molecular formula is C20H29NO4. The minimum Gasteiger partial charge on any atom is -0.465 e. The number of ether oxygens (including phenoxy) is 2. The molecule has 1 saturated heterocycles. The van der Waals surface area contributed by atoms with Crippen LogP contribution in [0.2, 0.25) is 0 Å². The molecule has 0 aliphatic carbocycles. The van der Waals surface area contributed by atoms with Crippen LogP contribution in [0.25, 0.3) is 0 Å². The summed E-state index contributed by atoms with van der Waals surface area (Å²) in [5.74, 6) is 0.363. The lowest BCUT2D eigenvalue weighted by molar-refractivity contribution is -0.00727. The molecule has 1 aliphatic rings. The van der Waals surface area contributed by atoms with Crippen LogP contribution in [0.15, 0.2) is 24.3 Å². The van der Waals surface area contributed by atoms with Gasteiger partial charge < -0.3 is 14.4 Å². The van der Waals surface area contributed by atoms with Crippen LogP contribution in [0, 0.1) is 11.8 Å². The van der Waals surface area contributed by atoms with Gasteiger partial charge in [0.15, 0.2) is 0 Å². The number of esters is 1. The fourth-order valence-corrected chi connectivity index (χ4v) is 3.32. The predicted molar refractivity (Wildman–Crippen MR) is 96.4 cm³/mol.